The third-order valence-corrected chi connectivity index (χ3v) is 3.57. The summed E-state index contributed by atoms with van der Waals surface area (Å²) in [6.07, 6.45) is -1.71. The average Bonchev–Trinajstić information content (AvgIpc) is 2.26. The largest absolute Gasteiger partial charge is 0.418 e. The van der Waals surface area contributed by atoms with Crippen molar-refractivity contribution in [1.29, 1.82) is 0 Å². The number of aliphatic hydroxyl groups is 1. The predicted molar refractivity (Wildman–Crippen MR) is 59.5 cm³/mol. The number of hydrogen-bond acceptors (Lipinski definition) is 3. The number of hydrogen-bond donors (Lipinski definition) is 3. The molecule has 0 aromatic carbocycles. The van der Waals surface area contributed by atoms with Crippen LogP contribution in [0.1, 0.15) is 39.0 Å². The summed E-state index contributed by atoms with van der Waals surface area (Å²) in [5.41, 5.74) is 3.10. The van der Waals surface area contributed by atoms with E-state index in [0.717, 1.165) is 25.7 Å². The first-order chi connectivity index (χ1) is 7.78. The minimum atomic E-state index is -4.58. The molecule has 0 aliphatic heterocycles. The van der Waals surface area contributed by atoms with Gasteiger partial charge in [-0.3, -0.25) is 0 Å². The first-order valence-electron chi connectivity index (χ1n) is 6.06. The average molecular weight is 254 g/mol. The van der Waals surface area contributed by atoms with Crippen molar-refractivity contribution in [2.75, 3.05) is 6.54 Å². The quantitative estimate of drug-likeness (QED) is 0.713. The highest BCUT2D eigenvalue weighted by atomic mass is 19.4. The van der Waals surface area contributed by atoms with E-state index in [1.807, 2.05) is 0 Å². The molecule has 0 aromatic heterocycles. The van der Waals surface area contributed by atoms with Crippen molar-refractivity contribution in [1.82, 2.24) is 5.32 Å². The van der Waals surface area contributed by atoms with Crippen LogP contribution in [0.4, 0.5) is 13.2 Å². The van der Waals surface area contributed by atoms with Gasteiger partial charge in [-0.05, 0) is 32.1 Å². The third-order valence-electron chi connectivity index (χ3n) is 3.57. The van der Waals surface area contributed by atoms with Crippen LogP contribution in [0, 0.1) is 0 Å². The Balaban J connectivity index is 2.43. The summed E-state index contributed by atoms with van der Waals surface area (Å²) in [4.78, 5) is 0. The Hall–Kier alpha value is -0.330. The van der Waals surface area contributed by atoms with Crippen molar-refractivity contribution in [2.24, 2.45) is 5.73 Å². The SMILES string of the molecule is CCC(O)(CNC1CCC(N)CC1)C(F)(F)F. The summed E-state index contributed by atoms with van der Waals surface area (Å²) in [7, 11) is 0. The molecule has 0 bridgehead atoms. The van der Waals surface area contributed by atoms with E-state index in [2.05, 4.69) is 5.32 Å². The van der Waals surface area contributed by atoms with Crippen LogP contribution in [-0.2, 0) is 0 Å². The van der Waals surface area contributed by atoms with E-state index in [-0.39, 0.29) is 18.5 Å². The number of nitrogens with one attached hydrogen (secondary N) is 1. The Kier molecular flexibility index (Phi) is 4.80. The van der Waals surface area contributed by atoms with Crippen LogP contribution < -0.4 is 11.1 Å². The van der Waals surface area contributed by atoms with Crippen LogP contribution in [0.15, 0.2) is 0 Å². The van der Waals surface area contributed by atoms with Gasteiger partial charge in [0.25, 0.3) is 0 Å². The number of rotatable bonds is 4. The van der Waals surface area contributed by atoms with Crippen LogP contribution in [0.2, 0.25) is 0 Å². The van der Waals surface area contributed by atoms with E-state index in [1.165, 1.54) is 6.92 Å². The van der Waals surface area contributed by atoms with E-state index in [1.54, 1.807) is 0 Å². The highest BCUT2D eigenvalue weighted by Gasteiger charge is 2.52. The highest BCUT2D eigenvalue weighted by Crippen LogP contribution is 2.32. The maximum absolute atomic E-state index is 12.6. The molecule has 3 nitrogen and oxygen atoms in total. The normalized spacial score (nSPS) is 30.0. The minimum absolute atomic E-state index is 0.0372. The zero-order valence-electron chi connectivity index (χ0n) is 10.1. The second-order valence-corrected chi connectivity index (χ2v) is 4.88. The van der Waals surface area contributed by atoms with E-state index < -0.39 is 18.3 Å². The molecular formula is C11H21F3N2O. The second kappa shape index (κ2) is 5.54. The van der Waals surface area contributed by atoms with Crippen molar-refractivity contribution in [3.63, 3.8) is 0 Å². The van der Waals surface area contributed by atoms with Gasteiger partial charge in [0.05, 0.1) is 0 Å². The number of halogens is 3. The Morgan fingerprint density at radius 3 is 2.18 bits per heavy atom. The van der Waals surface area contributed by atoms with Crippen molar-refractivity contribution in [3.8, 4) is 0 Å². The molecule has 0 aromatic rings. The molecule has 0 saturated heterocycles. The summed E-state index contributed by atoms with van der Waals surface area (Å²) < 4.78 is 37.8. The zero-order chi connectivity index (χ0) is 13.1. The topological polar surface area (TPSA) is 58.3 Å². The van der Waals surface area contributed by atoms with Gasteiger partial charge >= 0.3 is 6.18 Å². The lowest BCUT2D eigenvalue weighted by molar-refractivity contribution is -0.259. The molecule has 0 amide bonds. The molecule has 17 heavy (non-hydrogen) atoms. The van der Waals surface area contributed by atoms with Crippen LogP contribution in [0.3, 0.4) is 0 Å². The Morgan fingerprint density at radius 1 is 1.24 bits per heavy atom. The molecule has 1 unspecified atom stereocenters. The summed E-state index contributed by atoms with van der Waals surface area (Å²) in [6.45, 7) is 0.902. The van der Waals surface area contributed by atoms with Gasteiger partial charge in [-0.25, -0.2) is 0 Å². The Labute approximate surface area is 99.6 Å². The molecule has 102 valence electrons. The maximum Gasteiger partial charge on any atom is 0.418 e. The fourth-order valence-electron chi connectivity index (χ4n) is 2.06. The number of nitrogens with two attached hydrogens (primary N) is 1. The second-order valence-electron chi connectivity index (χ2n) is 4.88. The minimum Gasteiger partial charge on any atom is -0.379 e. The van der Waals surface area contributed by atoms with Gasteiger partial charge in [0.15, 0.2) is 5.60 Å². The van der Waals surface area contributed by atoms with Crippen LogP contribution in [0.5, 0.6) is 0 Å². The van der Waals surface area contributed by atoms with E-state index in [4.69, 9.17) is 5.73 Å². The molecule has 0 radical (unpaired) electrons. The highest BCUT2D eigenvalue weighted by molar-refractivity contribution is 4.89. The van der Waals surface area contributed by atoms with Crippen LogP contribution >= 0.6 is 0 Å². The molecule has 0 heterocycles. The summed E-state index contributed by atoms with van der Waals surface area (Å²) >= 11 is 0. The van der Waals surface area contributed by atoms with Gasteiger partial charge in [-0.15, -0.1) is 0 Å². The van der Waals surface area contributed by atoms with Crippen molar-refractivity contribution < 1.29 is 18.3 Å². The van der Waals surface area contributed by atoms with E-state index in [9.17, 15) is 18.3 Å². The molecule has 1 atom stereocenters. The molecule has 1 aliphatic rings. The lowest BCUT2D eigenvalue weighted by Gasteiger charge is -2.33. The lowest BCUT2D eigenvalue weighted by Crippen LogP contribution is -2.54. The first-order valence-corrected chi connectivity index (χ1v) is 6.06. The van der Waals surface area contributed by atoms with E-state index in [0.29, 0.717) is 0 Å². The smallest absolute Gasteiger partial charge is 0.379 e. The Morgan fingerprint density at radius 2 is 1.76 bits per heavy atom. The molecule has 6 heteroatoms. The molecule has 0 spiro atoms. The third kappa shape index (κ3) is 3.82. The molecule has 1 fully saturated rings. The fourth-order valence-corrected chi connectivity index (χ4v) is 2.06. The molecule has 1 rings (SSSR count). The van der Waals surface area contributed by atoms with Crippen molar-refractivity contribution >= 4 is 0 Å². The van der Waals surface area contributed by atoms with Gasteiger partial charge in [0.1, 0.15) is 0 Å². The van der Waals surface area contributed by atoms with Gasteiger partial charge in [0.2, 0.25) is 0 Å². The summed E-state index contributed by atoms with van der Waals surface area (Å²) in [5.74, 6) is 0. The standard InChI is InChI=1S/C11H21F3N2O/c1-2-10(17,11(12,13)14)7-16-9-5-3-8(15)4-6-9/h8-9,16-17H,2-7,15H2,1H3. The van der Waals surface area contributed by atoms with Gasteiger partial charge in [-0.2, -0.15) is 13.2 Å². The molecule has 1 saturated carbocycles. The first kappa shape index (κ1) is 14.7. The monoisotopic (exact) mass is 254 g/mol. The van der Waals surface area contributed by atoms with Gasteiger partial charge < -0.3 is 16.2 Å². The predicted octanol–water partition coefficient (Wildman–Crippen LogP) is 1.55. The zero-order valence-corrected chi connectivity index (χ0v) is 10.1. The van der Waals surface area contributed by atoms with E-state index >= 15 is 0 Å². The molecule has 1 aliphatic carbocycles. The maximum atomic E-state index is 12.6. The van der Waals surface area contributed by atoms with Crippen molar-refractivity contribution in [2.45, 2.75) is 62.9 Å². The van der Waals surface area contributed by atoms with Crippen LogP contribution in [-0.4, -0.2) is 35.5 Å². The molecular weight excluding hydrogens is 233 g/mol. The van der Waals surface area contributed by atoms with Crippen molar-refractivity contribution in [3.05, 3.63) is 0 Å². The van der Waals surface area contributed by atoms with Crippen LogP contribution in [0.25, 0.3) is 0 Å². The summed E-state index contributed by atoms with van der Waals surface area (Å²) in [6, 6.07) is 0.205. The van der Waals surface area contributed by atoms with Gasteiger partial charge in [0, 0.05) is 18.6 Å². The fraction of sp³-hybridized carbons (Fsp3) is 1.00. The summed E-state index contributed by atoms with van der Waals surface area (Å²) in [5, 5.41) is 12.3. The molecule has 4 N–H and O–H groups in total. The Bertz CT molecular complexity index is 239. The van der Waals surface area contributed by atoms with Gasteiger partial charge in [-0.1, -0.05) is 6.92 Å². The number of alkyl halides is 3. The lowest BCUT2D eigenvalue weighted by atomic mass is 9.91.